The summed E-state index contributed by atoms with van der Waals surface area (Å²) in [4.78, 5) is 0.0186. The molecule has 31 heavy (non-hydrogen) atoms. The smallest absolute Gasteiger partial charge is 0.265 e. The Hall–Kier alpha value is -3.59. The summed E-state index contributed by atoms with van der Waals surface area (Å²) in [5.41, 5.74) is 2.69. The fourth-order valence-corrected chi connectivity index (χ4v) is 4.87. The molecule has 0 fully saturated rings. The van der Waals surface area contributed by atoms with Crippen LogP contribution in [0.15, 0.2) is 65.6 Å². The van der Waals surface area contributed by atoms with Crippen LogP contribution in [0.4, 0.5) is 10.1 Å². The first kappa shape index (κ1) is 20.7. The fourth-order valence-electron chi connectivity index (χ4n) is 3.36. The topological polar surface area (TPSA) is 89.8 Å². The molecule has 4 aromatic rings. The summed E-state index contributed by atoms with van der Waals surface area (Å²) in [5, 5.41) is 12.8. The molecule has 4 rings (SSSR count). The molecular weight excluding hydrogens is 417 g/mol. The molecule has 1 N–H and O–H groups in total. The van der Waals surface area contributed by atoms with Crippen LogP contribution in [0.1, 0.15) is 17.0 Å². The lowest BCUT2D eigenvalue weighted by Crippen LogP contribution is -2.16. The van der Waals surface area contributed by atoms with Crippen molar-refractivity contribution in [3.8, 4) is 17.1 Å². The minimum Gasteiger partial charge on any atom is -0.279 e. The Morgan fingerprint density at radius 1 is 0.903 bits per heavy atom. The van der Waals surface area contributed by atoms with Crippen molar-refractivity contribution >= 4 is 15.7 Å². The van der Waals surface area contributed by atoms with Crippen molar-refractivity contribution < 1.29 is 12.8 Å². The van der Waals surface area contributed by atoms with Crippen LogP contribution in [-0.4, -0.2) is 28.4 Å². The Labute approximate surface area is 179 Å². The van der Waals surface area contributed by atoms with Crippen LogP contribution in [0.25, 0.3) is 17.1 Å². The first-order valence-corrected chi connectivity index (χ1v) is 11.0. The van der Waals surface area contributed by atoms with Crippen LogP contribution in [0, 0.1) is 26.6 Å². The first-order chi connectivity index (χ1) is 14.8. The second kappa shape index (κ2) is 7.92. The van der Waals surface area contributed by atoms with Crippen molar-refractivity contribution in [1.29, 1.82) is 0 Å². The highest BCUT2D eigenvalue weighted by Gasteiger charge is 2.26. The first-order valence-electron chi connectivity index (χ1n) is 9.51. The van der Waals surface area contributed by atoms with Crippen LogP contribution < -0.4 is 4.72 Å². The average molecular weight is 438 g/mol. The van der Waals surface area contributed by atoms with Gasteiger partial charge < -0.3 is 0 Å². The molecule has 2 heterocycles. The molecule has 0 unspecified atom stereocenters. The van der Waals surface area contributed by atoms with Gasteiger partial charge in [0.15, 0.2) is 5.82 Å². The number of hydrogen-bond donors (Lipinski definition) is 1. The molecule has 0 bridgehead atoms. The van der Waals surface area contributed by atoms with E-state index in [-0.39, 0.29) is 16.1 Å². The average Bonchev–Trinajstić information content (AvgIpc) is 3.07. The van der Waals surface area contributed by atoms with E-state index in [0.29, 0.717) is 22.9 Å². The molecule has 0 amide bonds. The second-order valence-electron chi connectivity index (χ2n) is 7.07. The monoisotopic (exact) mass is 437 g/mol. The Balaban J connectivity index is 1.70. The molecule has 0 saturated carbocycles. The van der Waals surface area contributed by atoms with Crippen molar-refractivity contribution in [2.45, 2.75) is 25.7 Å². The molecule has 0 saturated heterocycles. The number of rotatable bonds is 5. The standard InChI is InChI=1S/C22H20FN5O2S/c1-14-18(23)10-7-11-19(14)27-31(29,30)22-15(2)26-28(16(22)3)21-13-12-20(24-25-21)17-8-5-4-6-9-17/h4-13,27H,1-3H3. The highest BCUT2D eigenvalue weighted by Crippen LogP contribution is 2.27. The van der Waals surface area contributed by atoms with E-state index in [1.807, 2.05) is 30.3 Å². The van der Waals surface area contributed by atoms with Gasteiger partial charge in [-0.05, 0) is 45.0 Å². The van der Waals surface area contributed by atoms with E-state index in [0.717, 1.165) is 5.56 Å². The van der Waals surface area contributed by atoms with Gasteiger partial charge in [0.05, 0.1) is 22.8 Å². The van der Waals surface area contributed by atoms with E-state index >= 15 is 0 Å². The summed E-state index contributed by atoms with van der Waals surface area (Å²) >= 11 is 0. The van der Waals surface area contributed by atoms with E-state index in [4.69, 9.17) is 0 Å². The molecule has 7 nitrogen and oxygen atoms in total. The summed E-state index contributed by atoms with van der Waals surface area (Å²) < 4.78 is 43.9. The van der Waals surface area contributed by atoms with Gasteiger partial charge in [0.1, 0.15) is 10.7 Å². The lowest BCUT2D eigenvalue weighted by Gasteiger charge is -2.11. The van der Waals surface area contributed by atoms with Crippen molar-refractivity contribution in [2.24, 2.45) is 0 Å². The van der Waals surface area contributed by atoms with Gasteiger partial charge in [0.2, 0.25) is 0 Å². The lowest BCUT2D eigenvalue weighted by molar-refractivity contribution is 0.599. The van der Waals surface area contributed by atoms with Gasteiger partial charge in [0.25, 0.3) is 10.0 Å². The highest BCUT2D eigenvalue weighted by molar-refractivity contribution is 7.92. The Bertz CT molecular complexity index is 1350. The van der Waals surface area contributed by atoms with Crippen LogP contribution in [0.2, 0.25) is 0 Å². The Kier molecular flexibility index (Phi) is 5.28. The van der Waals surface area contributed by atoms with Crippen molar-refractivity contribution in [3.05, 3.63) is 83.4 Å². The quantitative estimate of drug-likeness (QED) is 0.506. The predicted octanol–water partition coefficient (Wildman–Crippen LogP) is 4.19. The van der Waals surface area contributed by atoms with Gasteiger partial charge in [-0.25, -0.2) is 17.5 Å². The van der Waals surface area contributed by atoms with Crippen LogP contribution in [-0.2, 0) is 10.0 Å². The molecule has 2 aromatic carbocycles. The number of sulfonamides is 1. The lowest BCUT2D eigenvalue weighted by atomic mass is 10.1. The number of halogens is 1. The number of aromatic nitrogens is 4. The summed E-state index contributed by atoms with van der Waals surface area (Å²) in [6.45, 7) is 4.75. The van der Waals surface area contributed by atoms with Crippen molar-refractivity contribution in [2.75, 3.05) is 4.72 Å². The van der Waals surface area contributed by atoms with Crippen LogP contribution in [0.3, 0.4) is 0 Å². The van der Waals surface area contributed by atoms with Gasteiger partial charge in [-0.2, -0.15) is 5.10 Å². The predicted molar refractivity (Wildman–Crippen MR) is 116 cm³/mol. The van der Waals surface area contributed by atoms with Crippen LogP contribution >= 0.6 is 0 Å². The maximum Gasteiger partial charge on any atom is 0.265 e. The van der Waals surface area contributed by atoms with Gasteiger partial charge in [0, 0.05) is 11.1 Å². The number of anilines is 1. The maximum atomic E-state index is 13.8. The molecule has 9 heteroatoms. The van der Waals surface area contributed by atoms with Gasteiger partial charge >= 0.3 is 0 Å². The largest absolute Gasteiger partial charge is 0.279 e. The van der Waals surface area contributed by atoms with E-state index in [9.17, 15) is 12.8 Å². The molecule has 0 aliphatic heterocycles. The molecule has 0 radical (unpaired) electrons. The zero-order chi connectivity index (χ0) is 22.2. The highest BCUT2D eigenvalue weighted by atomic mass is 32.2. The zero-order valence-electron chi connectivity index (χ0n) is 17.2. The Morgan fingerprint density at radius 3 is 2.32 bits per heavy atom. The van der Waals surface area contributed by atoms with Crippen LogP contribution in [0.5, 0.6) is 0 Å². The van der Waals surface area contributed by atoms with Crippen molar-refractivity contribution in [1.82, 2.24) is 20.0 Å². The molecule has 0 atom stereocenters. The summed E-state index contributed by atoms with van der Waals surface area (Å²) in [6, 6.07) is 17.4. The molecule has 158 valence electrons. The van der Waals surface area contributed by atoms with Crippen molar-refractivity contribution in [3.63, 3.8) is 0 Å². The number of nitrogens with zero attached hydrogens (tertiary/aromatic N) is 4. The molecule has 0 aliphatic rings. The summed E-state index contributed by atoms with van der Waals surface area (Å²) in [5.74, 6) is -0.0956. The summed E-state index contributed by atoms with van der Waals surface area (Å²) in [7, 11) is -4.00. The molecule has 2 aromatic heterocycles. The zero-order valence-corrected chi connectivity index (χ0v) is 18.0. The number of hydrogen-bond acceptors (Lipinski definition) is 5. The number of benzene rings is 2. The Morgan fingerprint density at radius 2 is 1.65 bits per heavy atom. The third kappa shape index (κ3) is 3.91. The van der Waals surface area contributed by atoms with Gasteiger partial charge in [-0.3, -0.25) is 4.72 Å². The van der Waals surface area contributed by atoms with Gasteiger partial charge in [-0.1, -0.05) is 36.4 Å². The van der Waals surface area contributed by atoms with E-state index in [1.54, 1.807) is 26.0 Å². The van der Waals surface area contributed by atoms with E-state index in [1.165, 1.54) is 29.8 Å². The van der Waals surface area contributed by atoms with E-state index in [2.05, 4.69) is 20.0 Å². The maximum absolute atomic E-state index is 13.8. The molecule has 0 spiro atoms. The summed E-state index contributed by atoms with van der Waals surface area (Å²) in [6.07, 6.45) is 0. The normalized spacial score (nSPS) is 11.5. The minimum absolute atomic E-state index is 0.0186. The SMILES string of the molecule is Cc1nn(-c2ccc(-c3ccccc3)nn2)c(C)c1S(=O)(=O)Nc1cccc(F)c1C. The second-order valence-corrected chi connectivity index (χ2v) is 8.69. The van der Waals surface area contributed by atoms with E-state index < -0.39 is 15.8 Å². The van der Waals surface area contributed by atoms with Gasteiger partial charge in [-0.15, -0.1) is 10.2 Å². The molecular formula is C22H20FN5O2S. The number of aryl methyl sites for hydroxylation is 1. The third-order valence-corrected chi connectivity index (χ3v) is 6.56. The minimum atomic E-state index is -4.00. The molecule has 0 aliphatic carbocycles. The third-order valence-electron chi connectivity index (χ3n) is 4.94. The fraction of sp³-hybridized carbons (Fsp3) is 0.136. The number of nitrogens with one attached hydrogen (secondary N) is 1.